The third-order valence-corrected chi connectivity index (χ3v) is 3.11. The molecular weight excluding hydrogens is 232 g/mol. The van der Waals surface area contributed by atoms with Crippen LogP contribution in [-0.4, -0.2) is 24.9 Å². The van der Waals surface area contributed by atoms with Crippen LogP contribution >= 0.6 is 0 Å². The van der Waals surface area contributed by atoms with Crippen molar-refractivity contribution in [3.05, 3.63) is 23.8 Å². The minimum Gasteiger partial charge on any atom is -0.504 e. The molecule has 1 heterocycles. The summed E-state index contributed by atoms with van der Waals surface area (Å²) in [5, 5.41) is 9.54. The molecule has 1 aromatic rings. The van der Waals surface area contributed by atoms with Crippen molar-refractivity contribution in [2.75, 3.05) is 13.7 Å². The zero-order valence-corrected chi connectivity index (χ0v) is 10.9. The summed E-state index contributed by atoms with van der Waals surface area (Å²) < 4.78 is 16.5. The van der Waals surface area contributed by atoms with Gasteiger partial charge in [-0.15, -0.1) is 0 Å². The highest BCUT2D eigenvalue weighted by molar-refractivity contribution is 5.42. The van der Waals surface area contributed by atoms with Gasteiger partial charge in [-0.3, -0.25) is 0 Å². The van der Waals surface area contributed by atoms with Crippen LogP contribution in [0.4, 0.5) is 0 Å². The molecule has 4 nitrogen and oxygen atoms in total. The standard InChI is InChI=1S/C14H20O4/c1-3-4-5-11-9-17-14(18-11)10-6-7-12(15)13(8-10)16-2/h6-8,11,14-15H,3-5,9H2,1-2H3. The summed E-state index contributed by atoms with van der Waals surface area (Å²) in [5.41, 5.74) is 0.878. The first kappa shape index (κ1) is 13.2. The van der Waals surface area contributed by atoms with Crippen LogP contribution in [-0.2, 0) is 9.47 Å². The van der Waals surface area contributed by atoms with Crippen molar-refractivity contribution in [3.8, 4) is 11.5 Å². The van der Waals surface area contributed by atoms with Gasteiger partial charge in [-0.05, 0) is 18.6 Å². The molecular formula is C14H20O4. The highest BCUT2D eigenvalue weighted by Crippen LogP contribution is 2.34. The average molecular weight is 252 g/mol. The van der Waals surface area contributed by atoms with Crippen molar-refractivity contribution in [2.24, 2.45) is 0 Å². The minimum atomic E-state index is -0.346. The molecule has 0 bridgehead atoms. The van der Waals surface area contributed by atoms with E-state index in [0.717, 1.165) is 24.8 Å². The first-order valence-corrected chi connectivity index (χ1v) is 6.38. The van der Waals surface area contributed by atoms with Crippen LogP contribution in [0.15, 0.2) is 18.2 Å². The molecule has 1 saturated heterocycles. The van der Waals surface area contributed by atoms with E-state index in [9.17, 15) is 5.11 Å². The van der Waals surface area contributed by atoms with Crippen molar-refractivity contribution in [1.82, 2.24) is 0 Å². The van der Waals surface area contributed by atoms with Crippen LogP contribution in [0.25, 0.3) is 0 Å². The van der Waals surface area contributed by atoms with Crippen molar-refractivity contribution >= 4 is 0 Å². The smallest absolute Gasteiger partial charge is 0.184 e. The fourth-order valence-electron chi connectivity index (χ4n) is 2.05. The summed E-state index contributed by atoms with van der Waals surface area (Å²) >= 11 is 0. The van der Waals surface area contributed by atoms with Gasteiger partial charge in [0.25, 0.3) is 0 Å². The summed E-state index contributed by atoms with van der Waals surface area (Å²) in [5.74, 6) is 0.568. The second-order valence-corrected chi connectivity index (χ2v) is 4.50. The number of hydrogen-bond donors (Lipinski definition) is 1. The normalized spacial score (nSPS) is 23.2. The largest absolute Gasteiger partial charge is 0.504 e. The summed E-state index contributed by atoms with van der Waals surface area (Å²) in [7, 11) is 1.53. The second-order valence-electron chi connectivity index (χ2n) is 4.50. The predicted molar refractivity (Wildman–Crippen MR) is 67.7 cm³/mol. The lowest BCUT2D eigenvalue weighted by molar-refractivity contribution is -0.0614. The molecule has 1 N–H and O–H groups in total. The summed E-state index contributed by atoms with van der Waals surface area (Å²) in [6.07, 6.45) is 3.18. The Morgan fingerprint density at radius 3 is 3.00 bits per heavy atom. The molecule has 0 spiro atoms. The number of ether oxygens (including phenoxy) is 3. The van der Waals surface area contributed by atoms with Gasteiger partial charge in [-0.25, -0.2) is 0 Å². The molecule has 18 heavy (non-hydrogen) atoms. The van der Waals surface area contributed by atoms with Gasteiger partial charge in [-0.1, -0.05) is 25.8 Å². The number of hydrogen-bond acceptors (Lipinski definition) is 4. The maximum Gasteiger partial charge on any atom is 0.184 e. The zero-order valence-electron chi connectivity index (χ0n) is 10.9. The highest BCUT2D eigenvalue weighted by Gasteiger charge is 2.27. The molecule has 1 aliphatic rings. The molecule has 100 valence electrons. The Bertz CT molecular complexity index is 391. The monoisotopic (exact) mass is 252 g/mol. The van der Waals surface area contributed by atoms with Crippen molar-refractivity contribution in [2.45, 2.75) is 38.6 Å². The molecule has 0 amide bonds. The van der Waals surface area contributed by atoms with E-state index < -0.39 is 0 Å². The van der Waals surface area contributed by atoms with Crippen LogP contribution in [0.3, 0.4) is 0 Å². The quantitative estimate of drug-likeness (QED) is 0.875. The van der Waals surface area contributed by atoms with Crippen LogP contribution in [0.2, 0.25) is 0 Å². The van der Waals surface area contributed by atoms with Gasteiger partial charge in [0.15, 0.2) is 17.8 Å². The fraction of sp³-hybridized carbons (Fsp3) is 0.571. The van der Waals surface area contributed by atoms with Crippen molar-refractivity contribution < 1.29 is 19.3 Å². The zero-order chi connectivity index (χ0) is 13.0. The minimum absolute atomic E-state index is 0.127. The Morgan fingerprint density at radius 1 is 1.44 bits per heavy atom. The molecule has 0 radical (unpaired) electrons. The summed E-state index contributed by atoms with van der Waals surface area (Å²) in [6.45, 7) is 2.80. The first-order valence-electron chi connectivity index (χ1n) is 6.38. The number of unbranched alkanes of at least 4 members (excludes halogenated alkanes) is 1. The molecule has 1 aliphatic heterocycles. The van der Waals surface area contributed by atoms with E-state index in [1.807, 2.05) is 0 Å². The number of aromatic hydroxyl groups is 1. The Kier molecular flexibility index (Phi) is 4.44. The topological polar surface area (TPSA) is 47.9 Å². The fourth-order valence-corrected chi connectivity index (χ4v) is 2.05. The maximum absolute atomic E-state index is 9.54. The van der Waals surface area contributed by atoms with Gasteiger partial charge in [0.2, 0.25) is 0 Å². The van der Waals surface area contributed by atoms with Gasteiger partial charge >= 0.3 is 0 Å². The Morgan fingerprint density at radius 2 is 2.28 bits per heavy atom. The van der Waals surface area contributed by atoms with Gasteiger partial charge in [0.1, 0.15) is 0 Å². The van der Waals surface area contributed by atoms with E-state index in [1.54, 1.807) is 18.2 Å². The molecule has 0 aliphatic carbocycles. The Labute approximate surface area is 107 Å². The maximum atomic E-state index is 9.54. The Balaban J connectivity index is 2.00. The number of rotatable bonds is 5. The van der Waals surface area contributed by atoms with E-state index >= 15 is 0 Å². The van der Waals surface area contributed by atoms with E-state index in [0.29, 0.717) is 12.4 Å². The van der Waals surface area contributed by atoms with Gasteiger partial charge < -0.3 is 19.3 Å². The second kappa shape index (κ2) is 6.07. The van der Waals surface area contributed by atoms with Crippen molar-refractivity contribution in [1.29, 1.82) is 0 Å². The van der Waals surface area contributed by atoms with E-state index in [4.69, 9.17) is 14.2 Å². The molecule has 2 atom stereocenters. The third kappa shape index (κ3) is 2.94. The van der Waals surface area contributed by atoms with E-state index in [2.05, 4.69) is 6.92 Å². The van der Waals surface area contributed by atoms with Gasteiger partial charge in [0, 0.05) is 5.56 Å². The molecule has 2 unspecified atom stereocenters. The number of phenols is 1. The molecule has 0 aromatic heterocycles. The van der Waals surface area contributed by atoms with E-state index in [-0.39, 0.29) is 18.1 Å². The lowest BCUT2D eigenvalue weighted by Crippen LogP contribution is -2.09. The van der Waals surface area contributed by atoms with Crippen LogP contribution in [0.5, 0.6) is 11.5 Å². The molecule has 4 heteroatoms. The lowest BCUT2D eigenvalue weighted by atomic mass is 10.2. The summed E-state index contributed by atoms with van der Waals surface area (Å²) in [4.78, 5) is 0. The molecule has 0 saturated carbocycles. The number of methoxy groups -OCH3 is 1. The van der Waals surface area contributed by atoms with Crippen LogP contribution < -0.4 is 4.74 Å². The molecule has 2 rings (SSSR count). The number of benzene rings is 1. The Hall–Kier alpha value is -1.26. The predicted octanol–water partition coefficient (Wildman–Crippen LogP) is 3.01. The van der Waals surface area contributed by atoms with Gasteiger partial charge in [0.05, 0.1) is 19.8 Å². The van der Waals surface area contributed by atoms with Crippen molar-refractivity contribution in [3.63, 3.8) is 0 Å². The molecule has 1 aromatic carbocycles. The highest BCUT2D eigenvalue weighted by atomic mass is 16.7. The van der Waals surface area contributed by atoms with Crippen LogP contribution in [0, 0.1) is 0 Å². The number of phenolic OH excluding ortho intramolecular Hbond substituents is 1. The third-order valence-electron chi connectivity index (χ3n) is 3.11. The average Bonchev–Trinajstić information content (AvgIpc) is 2.85. The van der Waals surface area contributed by atoms with E-state index in [1.165, 1.54) is 7.11 Å². The van der Waals surface area contributed by atoms with Gasteiger partial charge in [-0.2, -0.15) is 0 Å². The molecule has 1 fully saturated rings. The SMILES string of the molecule is CCCCC1COC(c2ccc(O)c(OC)c2)O1. The lowest BCUT2D eigenvalue weighted by Gasteiger charge is -2.13. The van der Waals surface area contributed by atoms with Crippen LogP contribution in [0.1, 0.15) is 38.0 Å². The summed E-state index contributed by atoms with van der Waals surface area (Å²) in [6, 6.07) is 5.15. The first-order chi connectivity index (χ1) is 8.74.